The minimum absolute atomic E-state index is 0.226. The molecule has 0 aromatic rings. The van der Waals surface area contributed by atoms with Gasteiger partial charge in [-0.15, -0.1) is 0 Å². The van der Waals surface area contributed by atoms with Crippen LogP contribution in [0.2, 0.25) is 0 Å². The summed E-state index contributed by atoms with van der Waals surface area (Å²) >= 11 is 0. The molecule has 11 heavy (non-hydrogen) atoms. The number of carbonyl (C=O) groups excluding carboxylic acids is 1. The molecule has 0 aromatic heterocycles. The molecule has 0 bridgehead atoms. The standard InChI is InChI=1S/C10H16O/c1-3-4-9-7-8(2)5-6-10(9)11/h3-4,8-9H,5-7H2,1-2H3. The first-order chi connectivity index (χ1) is 5.24. The monoisotopic (exact) mass is 152 g/mol. The summed E-state index contributed by atoms with van der Waals surface area (Å²) in [5.74, 6) is 1.39. The normalized spacial score (nSPS) is 33.1. The van der Waals surface area contributed by atoms with E-state index in [4.69, 9.17) is 0 Å². The van der Waals surface area contributed by atoms with Crippen molar-refractivity contribution in [2.24, 2.45) is 11.8 Å². The number of ketones is 1. The van der Waals surface area contributed by atoms with E-state index in [9.17, 15) is 4.79 Å². The zero-order valence-corrected chi connectivity index (χ0v) is 7.34. The molecule has 1 aliphatic rings. The summed E-state index contributed by atoms with van der Waals surface area (Å²) < 4.78 is 0. The Bertz CT molecular complexity index is 170. The zero-order chi connectivity index (χ0) is 8.27. The molecule has 0 heterocycles. The molecule has 0 radical (unpaired) electrons. The van der Waals surface area contributed by atoms with Gasteiger partial charge in [0, 0.05) is 12.3 Å². The topological polar surface area (TPSA) is 17.1 Å². The van der Waals surface area contributed by atoms with Crippen LogP contribution in [0.25, 0.3) is 0 Å². The molecular weight excluding hydrogens is 136 g/mol. The lowest BCUT2D eigenvalue weighted by Crippen LogP contribution is -2.21. The van der Waals surface area contributed by atoms with Gasteiger partial charge >= 0.3 is 0 Å². The Morgan fingerprint density at radius 2 is 2.27 bits per heavy atom. The highest BCUT2D eigenvalue weighted by Crippen LogP contribution is 2.26. The summed E-state index contributed by atoms with van der Waals surface area (Å²) in [4.78, 5) is 11.3. The van der Waals surface area contributed by atoms with E-state index in [2.05, 4.69) is 6.92 Å². The molecule has 1 fully saturated rings. The molecule has 1 aliphatic carbocycles. The third-order valence-corrected chi connectivity index (χ3v) is 2.38. The number of Topliss-reactive ketones (excluding diaryl/α,β-unsaturated/α-hetero) is 1. The van der Waals surface area contributed by atoms with Crippen molar-refractivity contribution in [3.8, 4) is 0 Å². The van der Waals surface area contributed by atoms with E-state index in [0.29, 0.717) is 5.78 Å². The molecule has 2 atom stereocenters. The van der Waals surface area contributed by atoms with Crippen LogP contribution in [0.4, 0.5) is 0 Å². The van der Waals surface area contributed by atoms with Gasteiger partial charge in [-0.3, -0.25) is 4.79 Å². The van der Waals surface area contributed by atoms with Gasteiger partial charge in [-0.2, -0.15) is 0 Å². The molecule has 1 heteroatoms. The fourth-order valence-corrected chi connectivity index (χ4v) is 1.68. The Balaban J connectivity index is 2.54. The van der Waals surface area contributed by atoms with Crippen molar-refractivity contribution in [2.45, 2.75) is 33.1 Å². The predicted molar refractivity (Wildman–Crippen MR) is 46.3 cm³/mol. The summed E-state index contributed by atoms with van der Waals surface area (Å²) in [5.41, 5.74) is 0. The average Bonchev–Trinajstić information content (AvgIpc) is 1.98. The second-order valence-corrected chi connectivity index (χ2v) is 3.48. The van der Waals surface area contributed by atoms with Crippen molar-refractivity contribution in [1.29, 1.82) is 0 Å². The van der Waals surface area contributed by atoms with Crippen LogP contribution in [0.5, 0.6) is 0 Å². The summed E-state index contributed by atoms with van der Waals surface area (Å²) in [5, 5.41) is 0. The van der Waals surface area contributed by atoms with Crippen LogP contribution in [-0.4, -0.2) is 5.78 Å². The van der Waals surface area contributed by atoms with Crippen molar-refractivity contribution >= 4 is 5.78 Å². The number of allylic oxidation sites excluding steroid dienone is 2. The molecule has 0 N–H and O–H groups in total. The van der Waals surface area contributed by atoms with Gasteiger partial charge in [0.15, 0.2) is 0 Å². The maximum Gasteiger partial charge on any atom is 0.139 e. The van der Waals surface area contributed by atoms with E-state index in [1.54, 1.807) is 0 Å². The number of hydrogen-bond acceptors (Lipinski definition) is 1. The Morgan fingerprint density at radius 1 is 1.55 bits per heavy atom. The smallest absolute Gasteiger partial charge is 0.139 e. The Hall–Kier alpha value is -0.590. The molecule has 1 rings (SSSR count). The second-order valence-electron chi connectivity index (χ2n) is 3.48. The van der Waals surface area contributed by atoms with E-state index < -0.39 is 0 Å². The quantitative estimate of drug-likeness (QED) is 0.528. The minimum Gasteiger partial charge on any atom is -0.299 e. The van der Waals surface area contributed by atoms with Crippen LogP contribution >= 0.6 is 0 Å². The Kier molecular flexibility index (Phi) is 2.86. The molecule has 0 saturated heterocycles. The van der Waals surface area contributed by atoms with Crippen molar-refractivity contribution in [3.05, 3.63) is 12.2 Å². The second kappa shape index (κ2) is 3.70. The lowest BCUT2D eigenvalue weighted by atomic mass is 9.81. The molecule has 0 aromatic carbocycles. The van der Waals surface area contributed by atoms with Gasteiger partial charge in [-0.25, -0.2) is 0 Å². The van der Waals surface area contributed by atoms with Gasteiger partial charge < -0.3 is 0 Å². The van der Waals surface area contributed by atoms with Crippen molar-refractivity contribution < 1.29 is 4.79 Å². The first-order valence-electron chi connectivity index (χ1n) is 4.39. The maximum atomic E-state index is 11.3. The molecule has 2 unspecified atom stereocenters. The minimum atomic E-state index is 0.226. The number of carbonyl (C=O) groups is 1. The highest BCUT2D eigenvalue weighted by molar-refractivity contribution is 5.83. The first kappa shape index (κ1) is 8.51. The molecule has 0 aliphatic heterocycles. The molecule has 62 valence electrons. The molecule has 1 nitrogen and oxygen atoms in total. The Labute approximate surface area is 68.5 Å². The van der Waals surface area contributed by atoms with E-state index >= 15 is 0 Å². The molecular formula is C10H16O. The fraction of sp³-hybridized carbons (Fsp3) is 0.700. The van der Waals surface area contributed by atoms with E-state index in [-0.39, 0.29) is 5.92 Å². The summed E-state index contributed by atoms with van der Waals surface area (Å²) in [6.45, 7) is 4.20. The number of hydrogen-bond donors (Lipinski definition) is 0. The van der Waals surface area contributed by atoms with Crippen molar-refractivity contribution in [3.63, 3.8) is 0 Å². The van der Waals surface area contributed by atoms with E-state index in [1.807, 2.05) is 19.1 Å². The largest absolute Gasteiger partial charge is 0.299 e. The SMILES string of the molecule is CC=CC1CC(C)CCC1=O. The van der Waals surface area contributed by atoms with Gasteiger partial charge in [0.2, 0.25) is 0 Å². The van der Waals surface area contributed by atoms with Gasteiger partial charge in [-0.1, -0.05) is 19.1 Å². The third-order valence-electron chi connectivity index (χ3n) is 2.38. The van der Waals surface area contributed by atoms with Gasteiger partial charge in [0.05, 0.1) is 0 Å². The maximum absolute atomic E-state index is 11.3. The Morgan fingerprint density at radius 3 is 2.91 bits per heavy atom. The van der Waals surface area contributed by atoms with Gasteiger partial charge in [-0.05, 0) is 25.7 Å². The van der Waals surface area contributed by atoms with E-state index in [0.717, 1.165) is 25.2 Å². The van der Waals surface area contributed by atoms with Gasteiger partial charge in [0.25, 0.3) is 0 Å². The van der Waals surface area contributed by atoms with E-state index in [1.165, 1.54) is 0 Å². The summed E-state index contributed by atoms with van der Waals surface area (Å²) in [7, 11) is 0. The summed E-state index contributed by atoms with van der Waals surface area (Å²) in [6, 6.07) is 0. The van der Waals surface area contributed by atoms with Crippen LogP contribution in [0.1, 0.15) is 33.1 Å². The van der Waals surface area contributed by atoms with Crippen LogP contribution < -0.4 is 0 Å². The van der Waals surface area contributed by atoms with Crippen LogP contribution in [0, 0.1) is 11.8 Å². The third kappa shape index (κ3) is 2.18. The lowest BCUT2D eigenvalue weighted by molar-refractivity contribution is -0.123. The average molecular weight is 152 g/mol. The molecule has 1 saturated carbocycles. The van der Waals surface area contributed by atoms with Crippen molar-refractivity contribution in [1.82, 2.24) is 0 Å². The van der Waals surface area contributed by atoms with Crippen LogP contribution in [0.15, 0.2) is 12.2 Å². The zero-order valence-electron chi connectivity index (χ0n) is 7.34. The highest BCUT2D eigenvalue weighted by atomic mass is 16.1. The highest BCUT2D eigenvalue weighted by Gasteiger charge is 2.23. The molecule has 0 amide bonds. The van der Waals surface area contributed by atoms with Crippen molar-refractivity contribution in [2.75, 3.05) is 0 Å². The van der Waals surface area contributed by atoms with Crippen LogP contribution in [0.3, 0.4) is 0 Å². The predicted octanol–water partition coefficient (Wildman–Crippen LogP) is 2.57. The molecule has 0 spiro atoms. The summed E-state index contributed by atoms with van der Waals surface area (Å²) in [6.07, 6.45) is 6.96. The van der Waals surface area contributed by atoms with Gasteiger partial charge in [0.1, 0.15) is 5.78 Å². The lowest BCUT2D eigenvalue weighted by Gasteiger charge is -2.22. The first-order valence-corrected chi connectivity index (χ1v) is 4.39. The number of rotatable bonds is 1. The van der Waals surface area contributed by atoms with Crippen LogP contribution in [-0.2, 0) is 4.79 Å². The fourth-order valence-electron chi connectivity index (χ4n) is 1.68.